The zero-order valence-electron chi connectivity index (χ0n) is 19.3. The third-order valence-electron chi connectivity index (χ3n) is 4.83. The van der Waals surface area contributed by atoms with E-state index in [9.17, 15) is 14.0 Å². The number of benzene rings is 3. The molecular formula is C26H22BrFN4O4. The molecular weight excluding hydrogens is 531 g/mol. The lowest BCUT2D eigenvalue weighted by atomic mass is 10.1. The molecule has 3 rings (SSSR count). The van der Waals surface area contributed by atoms with Gasteiger partial charge in [-0.1, -0.05) is 12.1 Å². The molecule has 0 aromatic heterocycles. The van der Waals surface area contributed by atoms with E-state index in [0.29, 0.717) is 32.8 Å². The molecule has 0 saturated heterocycles. The van der Waals surface area contributed by atoms with Crippen LogP contribution >= 0.6 is 15.9 Å². The summed E-state index contributed by atoms with van der Waals surface area (Å²) in [5.74, 6) is -0.251. The molecule has 0 aliphatic rings. The van der Waals surface area contributed by atoms with Crippen molar-refractivity contribution in [3.8, 4) is 17.6 Å². The average Bonchev–Trinajstić information content (AvgIpc) is 2.88. The van der Waals surface area contributed by atoms with Gasteiger partial charge in [0.1, 0.15) is 12.4 Å². The van der Waals surface area contributed by atoms with Crippen LogP contribution in [0.3, 0.4) is 0 Å². The van der Waals surface area contributed by atoms with Gasteiger partial charge in [-0.15, -0.1) is 0 Å². The number of carbonyl (C=O) groups excluding carboxylic acids is 2. The van der Waals surface area contributed by atoms with Crippen molar-refractivity contribution in [2.24, 2.45) is 5.10 Å². The van der Waals surface area contributed by atoms with E-state index >= 15 is 0 Å². The first kappa shape index (κ1) is 26.4. The number of rotatable bonds is 10. The number of carbonyl (C=O) groups is 2. The number of nitriles is 1. The zero-order chi connectivity index (χ0) is 25.9. The molecule has 0 heterocycles. The van der Waals surface area contributed by atoms with E-state index in [4.69, 9.17) is 14.7 Å². The Labute approximate surface area is 215 Å². The number of hydrogen-bond acceptors (Lipinski definition) is 6. The molecule has 8 nitrogen and oxygen atoms in total. The number of ether oxygens (including phenoxy) is 2. The van der Waals surface area contributed by atoms with Gasteiger partial charge >= 0.3 is 0 Å². The molecule has 0 saturated carbocycles. The lowest BCUT2D eigenvalue weighted by molar-refractivity contribution is -0.124. The van der Waals surface area contributed by atoms with Gasteiger partial charge in [0.25, 0.3) is 0 Å². The Kier molecular flexibility index (Phi) is 9.54. The molecule has 0 unspecified atom stereocenters. The Morgan fingerprint density at radius 3 is 2.44 bits per heavy atom. The molecule has 0 atom stereocenters. The van der Waals surface area contributed by atoms with Crippen molar-refractivity contribution < 1.29 is 23.5 Å². The second kappa shape index (κ2) is 13.0. The van der Waals surface area contributed by atoms with Crippen LogP contribution < -0.4 is 20.2 Å². The van der Waals surface area contributed by atoms with Gasteiger partial charge in [-0.3, -0.25) is 9.59 Å². The molecule has 0 fully saturated rings. The van der Waals surface area contributed by atoms with Crippen LogP contribution in [0.2, 0.25) is 0 Å². The van der Waals surface area contributed by atoms with Crippen LogP contribution in [-0.2, 0) is 16.2 Å². The number of amides is 2. The van der Waals surface area contributed by atoms with Crippen molar-refractivity contribution in [1.29, 1.82) is 5.26 Å². The van der Waals surface area contributed by atoms with Gasteiger partial charge in [-0.2, -0.15) is 10.4 Å². The summed E-state index contributed by atoms with van der Waals surface area (Å²) in [4.78, 5) is 24.0. The van der Waals surface area contributed by atoms with Crippen LogP contribution in [0.15, 0.2) is 70.2 Å². The van der Waals surface area contributed by atoms with Crippen LogP contribution in [0.1, 0.15) is 29.5 Å². The van der Waals surface area contributed by atoms with E-state index < -0.39 is 11.7 Å². The lowest BCUT2D eigenvalue weighted by Crippen LogP contribution is -2.20. The van der Waals surface area contributed by atoms with Gasteiger partial charge in [0.05, 0.1) is 29.4 Å². The molecule has 0 aliphatic heterocycles. The minimum Gasteiger partial charge on any atom is -0.493 e. The van der Waals surface area contributed by atoms with Crippen molar-refractivity contribution in [2.45, 2.75) is 19.4 Å². The monoisotopic (exact) mass is 552 g/mol. The van der Waals surface area contributed by atoms with Gasteiger partial charge in [0.15, 0.2) is 11.5 Å². The molecule has 2 amide bonds. The number of halogens is 2. The summed E-state index contributed by atoms with van der Waals surface area (Å²) >= 11 is 3.47. The first-order valence-corrected chi connectivity index (χ1v) is 11.5. The number of methoxy groups -OCH3 is 1. The smallest absolute Gasteiger partial charge is 0.240 e. The van der Waals surface area contributed by atoms with Gasteiger partial charge in [-0.25, -0.2) is 9.82 Å². The summed E-state index contributed by atoms with van der Waals surface area (Å²) < 4.78 is 24.9. The lowest BCUT2D eigenvalue weighted by Gasteiger charge is -2.13. The molecule has 3 aromatic carbocycles. The van der Waals surface area contributed by atoms with Crippen LogP contribution in [0.4, 0.5) is 10.1 Å². The molecule has 2 N–H and O–H groups in total. The zero-order valence-corrected chi connectivity index (χ0v) is 20.8. The maximum atomic E-state index is 12.9. The summed E-state index contributed by atoms with van der Waals surface area (Å²) in [6.07, 6.45) is 1.32. The van der Waals surface area contributed by atoms with Crippen molar-refractivity contribution >= 4 is 39.6 Å². The average molecular weight is 553 g/mol. The van der Waals surface area contributed by atoms with E-state index in [1.54, 1.807) is 24.3 Å². The second-order valence-electron chi connectivity index (χ2n) is 7.48. The fourth-order valence-corrected chi connectivity index (χ4v) is 3.58. The highest BCUT2D eigenvalue weighted by atomic mass is 79.9. The highest BCUT2D eigenvalue weighted by molar-refractivity contribution is 9.10. The number of anilines is 1. The standard InChI is InChI=1S/C26H22BrFN4O4/c1-35-23-13-19(12-22(27)26(23)36-16-18-4-2-17(14-29)3-5-18)15-30-32-25(34)11-10-24(33)31-21-8-6-20(28)7-9-21/h2-9,12-13,15H,10-11,16H2,1H3,(H,31,33)(H,32,34). The molecule has 0 spiro atoms. The van der Waals surface area contributed by atoms with Crippen LogP contribution in [-0.4, -0.2) is 25.1 Å². The Morgan fingerprint density at radius 1 is 1.08 bits per heavy atom. The van der Waals surface area contributed by atoms with Crippen LogP contribution in [0, 0.1) is 17.1 Å². The first-order valence-electron chi connectivity index (χ1n) is 10.7. The highest BCUT2D eigenvalue weighted by Crippen LogP contribution is 2.36. The van der Waals surface area contributed by atoms with E-state index in [0.717, 1.165) is 5.56 Å². The Balaban J connectivity index is 1.51. The second-order valence-corrected chi connectivity index (χ2v) is 8.33. The van der Waals surface area contributed by atoms with Gasteiger partial charge in [0.2, 0.25) is 11.8 Å². The Morgan fingerprint density at radius 2 is 1.78 bits per heavy atom. The molecule has 10 heteroatoms. The van der Waals surface area contributed by atoms with E-state index in [2.05, 4.69) is 37.8 Å². The van der Waals surface area contributed by atoms with Gasteiger partial charge in [0, 0.05) is 18.5 Å². The fourth-order valence-electron chi connectivity index (χ4n) is 3.00. The topological polar surface area (TPSA) is 113 Å². The predicted molar refractivity (Wildman–Crippen MR) is 136 cm³/mol. The molecule has 0 aliphatic carbocycles. The number of nitrogens with zero attached hydrogens (tertiary/aromatic N) is 2. The van der Waals surface area contributed by atoms with Crippen LogP contribution in [0.5, 0.6) is 11.5 Å². The summed E-state index contributed by atoms with van der Waals surface area (Å²) in [6, 6.07) is 17.9. The normalized spacial score (nSPS) is 10.5. The highest BCUT2D eigenvalue weighted by Gasteiger charge is 2.12. The largest absolute Gasteiger partial charge is 0.493 e. The Bertz CT molecular complexity index is 1290. The summed E-state index contributed by atoms with van der Waals surface area (Å²) in [5.41, 5.74) is 4.92. The van der Waals surface area contributed by atoms with Gasteiger partial charge < -0.3 is 14.8 Å². The minimum absolute atomic E-state index is 0.0522. The number of hydrazone groups is 1. The molecule has 0 bridgehead atoms. The van der Waals surface area contributed by atoms with Crippen molar-refractivity contribution in [3.63, 3.8) is 0 Å². The molecule has 184 valence electrons. The SMILES string of the molecule is COc1cc(C=NNC(=O)CCC(=O)Nc2ccc(F)cc2)cc(Br)c1OCc1ccc(C#N)cc1. The number of hydrogen-bond donors (Lipinski definition) is 2. The Hall–Kier alpha value is -4.23. The maximum Gasteiger partial charge on any atom is 0.240 e. The quantitative estimate of drug-likeness (QED) is 0.274. The van der Waals surface area contributed by atoms with E-state index in [-0.39, 0.29) is 25.4 Å². The summed E-state index contributed by atoms with van der Waals surface area (Å²) in [6.45, 7) is 0.277. The predicted octanol–water partition coefficient (Wildman–Crippen LogP) is 4.92. The van der Waals surface area contributed by atoms with Gasteiger partial charge in [-0.05, 0) is 75.6 Å². The van der Waals surface area contributed by atoms with Crippen molar-refractivity contribution in [3.05, 3.63) is 87.6 Å². The first-order chi connectivity index (χ1) is 17.4. The number of nitrogens with one attached hydrogen (secondary N) is 2. The maximum absolute atomic E-state index is 12.9. The summed E-state index contributed by atoms with van der Waals surface area (Å²) in [7, 11) is 1.51. The fraction of sp³-hybridized carbons (Fsp3) is 0.154. The molecule has 3 aromatic rings. The van der Waals surface area contributed by atoms with Crippen LogP contribution in [0.25, 0.3) is 0 Å². The van der Waals surface area contributed by atoms with E-state index in [1.165, 1.54) is 37.6 Å². The van der Waals surface area contributed by atoms with Crippen molar-refractivity contribution in [1.82, 2.24) is 5.43 Å². The summed E-state index contributed by atoms with van der Waals surface area (Å²) in [5, 5.41) is 15.4. The van der Waals surface area contributed by atoms with E-state index in [1.807, 2.05) is 12.1 Å². The molecule has 36 heavy (non-hydrogen) atoms. The molecule has 0 radical (unpaired) electrons. The third-order valence-corrected chi connectivity index (χ3v) is 5.42. The third kappa shape index (κ3) is 7.92. The minimum atomic E-state index is -0.436. The van der Waals surface area contributed by atoms with Crippen molar-refractivity contribution in [2.75, 3.05) is 12.4 Å².